The standard InChI is InChI=1S/C13H17N3O4/c1-3-20-11(17)9-16-10-5-4-6-14-12(10)15(13(16)18)7-8-19-2/h4-6H,3,7-9H2,1-2H3. The Hall–Kier alpha value is -2.15. The number of hydrogen-bond acceptors (Lipinski definition) is 5. The summed E-state index contributed by atoms with van der Waals surface area (Å²) in [5, 5.41) is 0. The van der Waals surface area contributed by atoms with Gasteiger partial charge < -0.3 is 9.47 Å². The predicted octanol–water partition coefficient (Wildman–Crippen LogP) is 0.407. The number of hydrogen-bond donors (Lipinski definition) is 0. The van der Waals surface area contributed by atoms with E-state index < -0.39 is 5.97 Å². The molecule has 2 aromatic rings. The third kappa shape index (κ3) is 2.72. The Kier molecular flexibility index (Phi) is 4.52. The monoisotopic (exact) mass is 279 g/mol. The topological polar surface area (TPSA) is 75.3 Å². The normalized spacial score (nSPS) is 10.9. The molecule has 2 heterocycles. The molecule has 0 bridgehead atoms. The maximum Gasteiger partial charge on any atom is 0.330 e. The number of pyridine rings is 1. The molecule has 0 N–H and O–H groups in total. The summed E-state index contributed by atoms with van der Waals surface area (Å²) >= 11 is 0. The van der Waals surface area contributed by atoms with Crippen LogP contribution in [0, 0.1) is 0 Å². The number of aromatic nitrogens is 3. The molecule has 20 heavy (non-hydrogen) atoms. The summed E-state index contributed by atoms with van der Waals surface area (Å²) in [6, 6.07) is 3.48. The van der Waals surface area contributed by atoms with E-state index in [-0.39, 0.29) is 18.8 Å². The molecule has 0 aliphatic heterocycles. The molecule has 7 nitrogen and oxygen atoms in total. The number of esters is 1. The summed E-state index contributed by atoms with van der Waals surface area (Å²) in [5.74, 6) is -0.441. The second-order valence-corrected chi connectivity index (χ2v) is 4.16. The van der Waals surface area contributed by atoms with Gasteiger partial charge in [-0.1, -0.05) is 0 Å². The van der Waals surface area contributed by atoms with E-state index in [0.29, 0.717) is 24.3 Å². The van der Waals surface area contributed by atoms with E-state index >= 15 is 0 Å². The molecular weight excluding hydrogens is 262 g/mol. The highest BCUT2D eigenvalue weighted by molar-refractivity contribution is 5.75. The Morgan fingerprint density at radius 2 is 2.20 bits per heavy atom. The van der Waals surface area contributed by atoms with Gasteiger partial charge in [0.25, 0.3) is 0 Å². The van der Waals surface area contributed by atoms with Gasteiger partial charge >= 0.3 is 11.7 Å². The highest BCUT2D eigenvalue weighted by Crippen LogP contribution is 2.09. The molecule has 0 fully saturated rings. The first-order valence-corrected chi connectivity index (χ1v) is 6.37. The Bertz CT molecular complexity index is 659. The summed E-state index contributed by atoms with van der Waals surface area (Å²) in [6.45, 7) is 2.68. The fourth-order valence-corrected chi connectivity index (χ4v) is 2.02. The molecule has 2 rings (SSSR count). The second kappa shape index (κ2) is 6.33. The van der Waals surface area contributed by atoms with E-state index in [4.69, 9.17) is 9.47 Å². The molecule has 0 atom stereocenters. The van der Waals surface area contributed by atoms with Crippen molar-refractivity contribution in [2.75, 3.05) is 20.3 Å². The first kappa shape index (κ1) is 14.3. The summed E-state index contributed by atoms with van der Waals surface area (Å²) in [6.07, 6.45) is 1.61. The van der Waals surface area contributed by atoms with Crippen molar-refractivity contribution in [1.29, 1.82) is 0 Å². The molecule has 0 saturated carbocycles. The lowest BCUT2D eigenvalue weighted by Crippen LogP contribution is -2.28. The fraction of sp³-hybridized carbons (Fsp3) is 0.462. The van der Waals surface area contributed by atoms with Crippen molar-refractivity contribution in [1.82, 2.24) is 14.1 Å². The number of carbonyl (C=O) groups is 1. The zero-order valence-electron chi connectivity index (χ0n) is 11.5. The molecule has 0 aliphatic rings. The molecule has 0 saturated heterocycles. The lowest BCUT2D eigenvalue weighted by atomic mass is 10.4. The molecular formula is C13H17N3O4. The average molecular weight is 279 g/mol. The lowest BCUT2D eigenvalue weighted by molar-refractivity contribution is -0.143. The molecule has 0 unspecified atom stereocenters. The number of rotatable bonds is 6. The number of imidazole rings is 1. The Morgan fingerprint density at radius 1 is 1.40 bits per heavy atom. The number of nitrogens with zero attached hydrogens (tertiary/aromatic N) is 3. The molecule has 0 aliphatic carbocycles. The van der Waals surface area contributed by atoms with Crippen molar-refractivity contribution in [3.63, 3.8) is 0 Å². The van der Waals surface area contributed by atoms with E-state index in [1.807, 2.05) is 0 Å². The van der Waals surface area contributed by atoms with Crippen LogP contribution in [0.4, 0.5) is 0 Å². The quantitative estimate of drug-likeness (QED) is 0.716. The van der Waals surface area contributed by atoms with E-state index in [0.717, 1.165) is 0 Å². The minimum absolute atomic E-state index is 0.116. The van der Waals surface area contributed by atoms with E-state index in [1.165, 1.54) is 9.13 Å². The second-order valence-electron chi connectivity index (χ2n) is 4.16. The van der Waals surface area contributed by atoms with Crippen molar-refractivity contribution in [3.05, 3.63) is 28.8 Å². The van der Waals surface area contributed by atoms with Crippen LogP contribution in [0.15, 0.2) is 23.1 Å². The third-order valence-electron chi connectivity index (χ3n) is 2.89. The fourth-order valence-electron chi connectivity index (χ4n) is 2.02. The Labute approximate surface area is 115 Å². The Morgan fingerprint density at radius 3 is 2.90 bits per heavy atom. The molecule has 7 heteroatoms. The van der Waals surface area contributed by atoms with Crippen LogP contribution in [-0.4, -0.2) is 40.4 Å². The number of ether oxygens (including phenoxy) is 2. The van der Waals surface area contributed by atoms with Crippen molar-refractivity contribution >= 4 is 17.1 Å². The lowest BCUT2D eigenvalue weighted by Gasteiger charge is -2.02. The van der Waals surface area contributed by atoms with Crippen LogP contribution in [0.5, 0.6) is 0 Å². The van der Waals surface area contributed by atoms with Crippen LogP contribution in [0.2, 0.25) is 0 Å². The van der Waals surface area contributed by atoms with Gasteiger partial charge in [-0.05, 0) is 19.1 Å². The molecule has 0 radical (unpaired) electrons. The molecule has 2 aromatic heterocycles. The van der Waals surface area contributed by atoms with E-state index in [1.54, 1.807) is 32.4 Å². The minimum atomic E-state index is -0.441. The van der Waals surface area contributed by atoms with Gasteiger partial charge in [0, 0.05) is 13.3 Å². The van der Waals surface area contributed by atoms with E-state index in [2.05, 4.69) is 4.98 Å². The maximum absolute atomic E-state index is 12.4. The maximum atomic E-state index is 12.4. The van der Waals surface area contributed by atoms with Gasteiger partial charge in [-0.2, -0.15) is 0 Å². The molecule has 0 aromatic carbocycles. The van der Waals surface area contributed by atoms with Crippen molar-refractivity contribution in [2.24, 2.45) is 0 Å². The van der Waals surface area contributed by atoms with Gasteiger partial charge in [0.1, 0.15) is 6.54 Å². The number of methoxy groups -OCH3 is 1. The van der Waals surface area contributed by atoms with Crippen LogP contribution < -0.4 is 5.69 Å². The van der Waals surface area contributed by atoms with Gasteiger partial charge in [0.15, 0.2) is 5.65 Å². The van der Waals surface area contributed by atoms with Crippen molar-refractivity contribution in [3.8, 4) is 0 Å². The van der Waals surface area contributed by atoms with Gasteiger partial charge in [0.05, 0.1) is 25.3 Å². The van der Waals surface area contributed by atoms with Crippen molar-refractivity contribution in [2.45, 2.75) is 20.0 Å². The first-order valence-electron chi connectivity index (χ1n) is 6.37. The summed E-state index contributed by atoms with van der Waals surface area (Å²) in [4.78, 5) is 28.2. The predicted molar refractivity (Wildman–Crippen MR) is 72.5 cm³/mol. The number of fused-ring (bicyclic) bond motifs is 1. The molecule has 0 amide bonds. The van der Waals surface area contributed by atoms with Crippen LogP contribution in [0.1, 0.15) is 6.92 Å². The van der Waals surface area contributed by atoms with Crippen LogP contribution in [0.25, 0.3) is 11.2 Å². The summed E-state index contributed by atoms with van der Waals surface area (Å²) in [7, 11) is 1.57. The highest BCUT2D eigenvalue weighted by Gasteiger charge is 2.16. The van der Waals surface area contributed by atoms with Crippen LogP contribution in [-0.2, 0) is 27.4 Å². The van der Waals surface area contributed by atoms with Gasteiger partial charge in [-0.25, -0.2) is 9.78 Å². The Balaban J connectivity index is 2.45. The number of carbonyl (C=O) groups excluding carboxylic acids is 1. The zero-order chi connectivity index (χ0) is 14.5. The minimum Gasteiger partial charge on any atom is -0.465 e. The zero-order valence-corrected chi connectivity index (χ0v) is 11.5. The SMILES string of the molecule is CCOC(=O)Cn1c(=O)n(CCOC)c2ncccc21. The highest BCUT2D eigenvalue weighted by atomic mass is 16.5. The smallest absolute Gasteiger partial charge is 0.330 e. The first-order chi connectivity index (χ1) is 9.69. The average Bonchev–Trinajstić information content (AvgIpc) is 2.70. The summed E-state index contributed by atoms with van der Waals surface area (Å²) in [5.41, 5.74) is 0.865. The van der Waals surface area contributed by atoms with Crippen molar-refractivity contribution < 1.29 is 14.3 Å². The molecule has 108 valence electrons. The van der Waals surface area contributed by atoms with Crippen LogP contribution in [0.3, 0.4) is 0 Å². The summed E-state index contributed by atoms with van der Waals surface area (Å²) < 4.78 is 12.7. The largest absolute Gasteiger partial charge is 0.465 e. The third-order valence-corrected chi connectivity index (χ3v) is 2.89. The van der Waals surface area contributed by atoms with Gasteiger partial charge in [-0.3, -0.25) is 13.9 Å². The van der Waals surface area contributed by atoms with E-state index in [9.17, 15) is 9.59 Å². The van der Waals surface area contributed by atoms with Crippen LogP contribution >= 0.6 is 0 Å². The molecule has 0 spiro atoms. The van der Waals surface area contributed by atoms with Gasteiger partial charge in [-0.15, -0.1) is 0 Å². The van der Waals surface area contributed by atoms with Gasteiger partial charge in [0.2, 0.25) is 0 Å².